The predicted octanol–water partition coefficient (Wildman–Crippen LogP) is 3.24. The number of hydrogen-bond donors (Lipinski definition) is 2. The summed E-state index contributed by atoms with van der Waals surface area (Å²) in [6.07, 6.45) is 11.0. The highest BCUT2D eigenvalue weighted by molar-refractivity contribution is 7.44. The zero-order valence-electron chi connectivity index (χ0n) is 11.5. The minimum atomic E-state index is -1.87. The summed E-state index contributed by atoms with van der Waals surface area (Å²) in [5, 5.41) is 2.62. The van der Waals surface area contributed by atoms with Crippen LogP contribution in [0, 0.1) is 5.92 Å². The molecule has 19 heavy (non-hydrogen) atoms. The molecule has 0 heterocycles. The first-order valence-corrected chi connectivity index (χ1v) is 7.24. The summed E-state index contributed by atoms with van der Waals surface area (Å²) in [6, 6.07) is -0.448. The van der Waals surface area contributed by atoms with Crippen LogP contribution in [0.1, 0.15) is 20.3 Å². The first-order chi connectivity index (χ1) is 9.01. The first-order valence-electron chi connectivity index (χ1n) is 6.02. The molecule has 0 radical (unpaired) electrons. The number of rotatable bonds is 10. The Morgan fingerprint density at radius 1 is 1.47 bits per heavy atom. The Morgan fingerprint density at radius 3 is 2.74 bits per heavy atom. The second-order valence-corrected chi connectivity index (χ2v) is 5.00. The van der Waals surface area contributed by atoms with E-state index in [0.29, 0.717) is 12.0 Å². The Balaban J connectivity index is 4.11. The molecule has 0 saturated carbocycles. The minimum Gasteiger partial charge on any atom is -0.441 e. The molecule has 2 unspecified atom stereocenters. The molecular weight excluding hydrogens is 261 g/mol. The van der Waals surface area contributed by atoms with E-state index in [9.17, 15) is 9.69 Å². The van der Waals surface area contributed by atoms with Gasteiger partial charge in [0.15, 0.2) is 0 Å². The van der Waals surface area contributed by atoms with Crippen LogP contribution < -0.4 is 5.09 Å². The third-order valence-corrected chi connectivity index (χ3v) is 3.22. The van der Waals surface area contributed by atoms with Gasteiger partial charge in [-0.3, -0.25) is 0 Å². The fourth-order valence-electron chi connectivity index (χ4n) is 1.02. The largest absolute Gasteiger partial charge is 0.441 e. The SMILES string of the molecule is C=CC/C=C\C=C/C(C)C(=C)OP(O)N[C@@H](C)C=O. The van der Waals surface area contributed by atoms with E-state index in [1.807, 2.05) is 37.3 Å². The highest BCUT2D eigenvalue weighted by atomic mass is 31.2. The predicted molar refractivity (Wildman–Crippen MR) is 80.3 cm³/mol. The normalized spacial score (nSPS) is 16.2. The molecule has 0 rings (SSSR count). The molecule has 0 aliphatic heterocycles. The van der Waals surface area contributed by atoms with Gasteiger partial charge in [0, 0.05) is 5.92 Å². The van der Waals surface area contributed by atoms with E-state index in [1.54, 1.807) is 6.92 Å². The Bertz CT molecular complexity index is 353. The summed E-state index contributed by atoms with van der Waals surface area (Å²) < 4.78 is 5.23. The number of carbonyl (C=O) groups excluding carboxylic acids is 1. The van der Waals surface area contributed by atoms with Crippen molar-refractivity contribution >= 4 is 14.8 Å². The Labute approximate surface area is 116 Å². The van der Waals surface area contributed by atoms with Crippen molar-refractivity contribution in [3.63, 3.8) is 0 Å². The van der Waals surface area contributed by atoms with Crippen LogP contribution in [0.25, 0.3) is 0 Å². The second kappa shape index (κ2) is 10.7. The molecule has 5 heteroatoms. The smallest absolute Gasteiger partial charge is 0.315 e. The molecule has 4 nitrogen and oxygen atoms in total. The zero-order valence-corrected chi connectivity index (χ0v) is 12.3. The fourth-order valence-corrected chi connectivity index (χ4v) is 1.87. The number of nitrogens with one attached hydrogen (secondary N) is 1. The Kier molecular flexibility index (Phi) is 9.99. The molecule has 2 N–H and O–H groups in total. The second-order valence-electron chi connectivity index (χ2n) is 4.01. The van der Waals surface area contributed by atoms with Gasteiger partial charge in [0.25, 0.3) is 0 Å². The van der Waals surface area contributed by atoms with E-state index < -0.39 is 14.6 Å². The van der Waals surface area contributed by atoms with E-state index in [-0.39, 0.29) is 5.92 Å². The number of aldehydes is 1. The van der Waals surface area contributed by atoms with Gasteiger partial charge in [0.1, 0.15) is 12.0 Å². The van der Waals surface area contributed by atoms with E-state index >= 15 is 0 Å². The summed E-state index contributed by atoms with van der Waals surface area (Å²) >= 11 is 0. The molecule has 3 atom stereocenters. The van der Waals surface area contributed by atoms with Crippen LogP contribution >= 0.6 is 8.53 Å². The maximum Gasteiger partial charge on any atom is 0.315 e. The summed E-state index contributed by atoms with van der Waals surface area (Å²) in [5.41, 5.74) is 0. The van der Waals surface area contributed by atoms with Crippen molar-refractivity contribution in [2.75, 3.05) is 0 Å². The number of allylic oxidation sites excluding steroid dienone is 5. The molecule has 0 aliphatic carbocycles. The molecule has 0 aliphatic rings. The molecule has 0 aromatic carbocycles. The third kappa shape index (κ3) is 9.37. The molecule has 0 aromatic heterocycles. The van der Waals surface area contributed by atoms with Gasteiger partial charge >= 0.3 is 8.53 Å². The first kappa shape index (κ1) is 17.8. The van der Waals surface area contributed by atoms with Crippen molar-refractivity contribution in [1.82, 2.24) is 5.09 Å². The van der Waals surface area contributed by atoms with Gasteiger partial charge in [-0.2, -0.15) is 0 Å². The van der Waals surface area contributed by atoms with Crippen molar-refractivity contribution < 1.29 is 14.2 Å². The standard InChI is InChI=1S/C14H22NO3P/c1-5-6-7-8-9-10-12(2)14(4)18-19(17)15-13(3)11-16/h5,7-13,15,17H,1,4,6H2,2-3H3/b8-7-,10-9-/t12?,13-,19?/m0/s1. The Morgan fingerprint density at radius 2 is 2.16 bits per heavy atom. The summed E-state index contributed by atoms with van der Waals surface area (Å²) in [5.74, 6) is 0.423. The molecule has 0 amide bonds. The summed E-state index contributed by atoms with van der Waals surface area (Å²) in [6.45, 7) is 10.9. The molecule has 0 fully saturated rings. The van der Waals surface area contributed by atoms with Gasteiger partial charge in [-0.25, -0.2) is 5.09 Å². The molecule has 0 aromatic rings. The highest BCUT2D eigenvalue weighted by Crippen LogP contribution is 2.32. The van der Waals surface area contributed by atoms with E-state index in [2.05, 4.69) is 18.2 Å². The van der Waals surface area contributed by atoms with Crippen LogP contribution in [0.5, 0.6) is 0 Å². The number of carbonyl (C=O) groups is 1. The quantitative estimate of drug-likeness (QED) is 0.212. The van der Waals surface area contributed by atoms with E-state index in [0.717, 1.165) is 6.42 Å². The molecular formula is C14H22NO3P. The minimum absolute atomic E-state index is 0.0288. The summed E-state index contributed by atoms with van der Waals surface area (Å²) in [7, 11) is -1.87. The monoisotopic (exact) mass is 283 g/mol. The van der Waals surface area contributed by atoms with Crippen molar-refractivity contribution in [3.8, 4) is 0 Å². The van der Waals surface area contributed by atoms with Crippen LogP contribution in [0.15, 0.2) is 49.3 Å². The maximum atomic E-state index is 10.4. The van der Waals surface area contributed by atoms with Crippen LogP contribution in [0.4, 0.5) is 0 Å². The lowest BCUT2D eigenvalue weighted by atomic mass is 10.1. The van der Waals surface area contributed by atoms with Crippen molar-refractivity contribution in [3.05, 3.63) is 49.3 Å². The summed E-state index contributed by atoms with van der Waals surface area (Å²) in [4.78, 5) is 20.0. The maximum absolute atomic E-state index is 10.4. The van der Waals surface area contributed by atoms with Crippen LogP contribution in [-0.4, -0.2) is 17.2 Å². The van der Waals surface area contributed by atoms with E-state index in [1.165, 1.54) is 0 Å². The molecule has 0 saturated heterocycles. The molecule has 0 spiro atoms. The van der Waals surface area contributed by atoms with Gasteiger partial charge in [-0.15, -0.1) is 6.58 Å². The number of hydrogen-bond acceptors (Lipinski definition) is 4. The van der Waals surface area contributed by atoms with Crippen molar-refractivity contribution in [2.45, 2.75) is 26.3 Å². The fraction of sp³-hybridized carbons (Fsp3) is 0.357. The van der Waals surface area contributed by atoms with Gasteiger partial charge in [0.2, 0.25) is 0 Å². The Hall–Kier alpha value is -1.22. The van der Waals surface area contributed by atoms with Gasteiger partial charge in [0.05, 0.1) is 6.04 Å². The lowest BCUT2D eigenvalue weighted by Crippen LogP contribution is -2.23. The van der Waals surface area contributed by atoms with Crippen LogP contribution in [0.3, 0.4) is 0 Å². The average molecular weight is 283 g/mol. The zero-order chi connectivity index (χ0) is 14.7. The lowest BCUT2D eigenvalue weighted by molar-refractivity contribution is -0.108. The van der Waals surface area contributed by atoms with Gasteiger partial charge < -0.3 is 14.2 Å². The average Bonchev–Trinajstić information content (AvgIpc) is 2.37. The van der Waals surface area contributed by atoms with Gasteiger partial charge in [-0.1, -0.05) is 43.9 Å². The topological polar surface area (TPSA) is 58.6 Å². The third-order valence-electron chi connectivity index (χ3n) is 2.18. The highest BCUT2D eigenvalue weighted by Gasteiger charge is 2.14. The van der Waals surface area contributed by atoms with Crippen molar-refractivity contribution in [2.24, 2.45) is 5.92 Å². The van der Waals surface area contributed by atoms with Crippen LogP contribution in [-0.2, 0) is 9.32 Å². The molecule has 106 valence electrons. The van der Waals surface area contributed by atoms with E-state index in [4.69, 9.17) is 4.52 Å². The lowest BCUT2D eigenvalue weighted by Gasteiger charge is -2.18. The van der Waals surface area contributed by atoms with Crippen LogP contribution in [0.2, 0.25) is 0 Å². The van der Waals surface area contributed by atoms with Crippen molar-refractivity contribution in [1.29, 1.82) is 0 Å². The molecule has 0 bridgehead atoms. The van der Waals surface area contributed by atoms with Gasteiger partial charge in [-0.05, 0) is 13.3 Å².